The summed E-state index contributed by atoms with van der Waals surface area (Å²) in [5.41, 5.74) is 1.66. The number of allylic oxidation sites excluding steroid dienone is 3. The molecular weight excluding hydrogens is 722 g/mol. The smallest absolute Gasteiger partial charge is 0.329 e. The van der Waals surface area contributed by atoms with Crippen molar-refractivity contribution in [1.82, 2.24) is 4.90 Å². The predicted molar refractivity (Wildman–Crippen MR) is 208 cm³/mol. The van der Waals surface area contributed by atoms with Crippen LogP contribution in [-0.4, -0.2) is 126 Å². The minimum atomic E-state index is -2.50. The summed E-state index contributed by atoms with van der Waals surface area (Å²) in [6.07, 6.45) is 3.72. The number of cyclic esters (lactones) is 1. The molecule has 2 bridgehead atoms. The van der Waals surface area contributed by atoms with E-state index < -0.39 is 83.9 Å². The van der Waals surface area contributed by atoms with E-state index in [4.69, 9.17) is 23.7 Å². The zero-order valence-electron chi connectivity index (χ0n) is 35.1. The van der Waals surface area contributed by atoms with Gasteiger partial charge in [-0.3, -0.25) is 14.4 Å². The standard InChI is InChI=1S/C43H69NO12/c1-10-30-18-24(2)17-25(3)19-36(53-8)39-37(54-9)21-27(5)43(51,56-39)40(48)41(49)44-16-12-11-13-31(44)42(50)55-38(28(6)33(46)23-34(30)47)26(4)20-29-14-15-32(45)35(22-29)52-7/h18,20,25,27-33,35-39,45-46,51H,10-17,19,21-23H2,1-9H3/b24-18-,26-20+/t25-,27+,28-,29?,30+,31-,32+,33-,35+,36?,37-,38+,39+,43+/m0/s1. The minimum Gasteiger partial charge on any atom is -0.456 e. The van der Waals surface area contributed by atoms with Gasteiger partial charge >= 0.3 is 5.97 Å². The number of Topliss-reactive ketones (excluding diaryl/α,β-unsaturated/α-hetero) is 2. The number of aliphatic hydroxyl groups excluding tert-OH is 2. The molecule has 0 aromatic rings. The number of ketones is 2. The third kappa shape index (κ3) is 10.7. The number of ether oxygens (including phenoxy) is 5. The van der Waals surface area contributed by atoms with Gasteiger partial charge < -0.3 is 43.9 Å². The lowest BCUT2D eigenvalue weighted by Gasteiger charge is -2.47. The number of amides is 1. The summed E-state index contributed by atoms with van der Waals surface area (Å²) in [6, 6.07) is -1.13. The van der Waals surface area contributed by atoms with E-state index in [-0.39, 0.29) is 49.5 Å². The molecule has 13 heteroatoms. The van der Waals surface area contributed by atoms with Gasteiger partial charge in [0.2, 0.25) is 5.79 Å². The molecule has 1 saturated carbocycles. The number of carbonyl (C=O) groups is 4. The van der Waals surface area contributed by atoms with E-state index in [9.17, 15) is 34.5 Å². The number of hydrogen-bond donors (Lipinski definition) is 3. The molecule has 4 rings (SSSR count). The molecule has 3 heterocycles. The summed E-state index contributed by atoms with van der Waals surface area (Å²) in [4.78, 5) is 57.6. The molecule has 1 amide bonds. The number of nitrogens with zero attached hydrogens (tertiary/aromatic N) is 1. The predicted octanol–water partition coefficient (Wildman–Crippen LogP) is 4.47. The van der Waals surface area contributed by atoms with Gasteiger partial charge in [-0.2, -0.15) is 0 Å². The van der Waals surface area contributed by atoms with Crippen molar-refractivity contribution < 1.29 is 58.2 Å². The van der Waals surface area contributed by atoms with Gasteiger partial charge in [-0.15, -0.1) is 0 Å². The van der Waals surface area contributed by atoms with E-state index in [1.807, 2.05) is 32.9 Å². The van der Waals surface area contributed by atoms with Gasteiger partial charge in [0.05, 0.1) is 30.5 Å². The summed E-state index contributed by atoms with van der Waals surface area (Å²) in [7, 11) is 4.63. The Labute approximate surface area is 333 Å². The minimum absolute atomic E-state index is 0.000914. The molecule has 1 aliphatic carbocycles. The number of piperidine rings is 1. The topological polar surface area (TPSA) is 178 Å². The van der Waals surface area contributed by atoms with E-state index >= 15 is 0 Å². The molecule has 318 valence electrons. The van der Waals surface area contributed by atoms with E-state index in [1.165, 1.54) is 19.1 Å². The van der Waals surface area contributed by atoms with Crippen LogP contribution in [0, 0.1) is 29.6 Å². The van der Waals surface area contributed by atoms with E-state index in [1.54, 1.807) is 21.0 Å². The maximum Gasteiger partial charge on any atom is 0.329 e. The van der Waals surface area contributed by atoms with Crippen molar-refractivity contribution in [2.24, 2.45) is 29.6 Å². The first kappa shape index (κ1) is 46.2. The van der Waals surface area contributed by atoms with E-state index in [0.29, 0.717) is 56.9 Å². The summed E-state index contributed by atoms with van der Waals surface area (Å²) >= 11 is 0. The Hall–Kier alpha value is -2.52. The number of esters is 1. The van der Waals surface area contributed by atoms with E-state index in [0.717, 1.165) is 5.57 Å². The molecule has 2 unspecified atom stereocenters. The number of methoxy groups -OCH3 is 3. The van der Waals surface area contributed by atoms with Crippen molar-refractivity contribution in [3.05, 3.63) is 23.3 Å². The second kappa shape index (κ2) is 20.4. The molecular formula is C43H69NO12. The Morgan fingerprint density at radius 3 is 2.21 bits per heavy atom. The molecule has 0 aromatic heterocycles. The first-order chi connectivity index (χ1) is 26.5. The zero-order valence-corrected chi connectivity index (χ0v) is 35.1. The lowest BCUT2D eigenvalue weighted by molar-refractivity contribution is -0.302. The van der Waals surface area contributed by atoms with Crippen LogP contribution in [0.3, 0.4) is 0 Å². The number of fused-ring (bicyclic) bond motifs is 3. The van der Waals surface area contributed by atoms with Gasteiger partial charge in [-0.05, 0) is 95.5 Å². The SMILES string of the molecule is CC[C@@H]1/C=C(/C)C[C@H](C)CC(OC)[C@H]2O[C@@](O)(C(=O)C(=O)N3CCCC[C@H]3C(=O)O[C@H](/C(C)=C/C3CC[C@@H](O)[C@H](OC)C3)[C@@H](C)[C@@H](O)CC1=O)[C@H](C)C[C@@H]2OC. The highest BCUT2D eigenvalue weighted by Crippen LogP contribution is 2.39. The Balaban J connectivity index is 1.76. The highest BCUT2D eigenvalue weighted by atomic mass is 16.7. The quantitative estimate of drug-likeness (QED) is 0.196. The van der Waals surface area contributed by atoms with Crippen LogP contribution in [0.25, 0.3) is 0 Å². The number of carbonyl (C=O) groups excluding carboxylic acids is 4. The monoisotopic (exact) mass is 791 g/mol. The number of rotatable bonds is 6. The van der Waals surface area contributed by atoms with Crippen LogP contribution in [0.4, 0.5) is 0 Å². The molecule has 3 N–H and O–H groups in total. The normalized spacial score (nSPS) is 41.6. The molecule has 3 fully saturated rings. The molecule has 4 aliphatic rings. The molecule has 2 saturated heterocycles. The van der Waals surface area contributed by atoms with Crippen LogP contribution in [0.5, 0.6) is 0 Å². The first-order valence-corrected chi connectivity index (χ1v) is 20.8. The summed E-state index contributed by atoms with van der Waals surface area (Å²) in [5, 5.41) is 34.1. The largest absolute Gasteiger partial charge is 0.456 e. The highest BCUT2D eigenvalue weighted by Gasteiger charge is 2.56. The zero-order chi connectivity index (χ0) is 41.5. The van der Waals surface area contributed by atoms with Crippen LogP contribution in [0.15, 0.2) is 23.3 Å². The van der Waals surface area contributed by atoms with Gasteiger partial charge in [0.25, 0.3) is 11.7 Å². The summed E-state index contributed by atoms with van der Waals surface area (Å²) in [5.74, 6) is -7.50. The molecule has 0 spiro atoms. The summed E-state index contributed by atoms with van der Waals surface area (Å²) in [6.45, 7) is 11.3. The number of aliphatic hydroxyl groups is 3. The average molecular weight is 792 g/mol. The van der Waals surface area contributed by atoms with Crippen LogP contribution < -0.4 is 0 Å². The van der Waals surface area contributed by atoms with Gasteiger partial charge in [0, 0.05) is 52.0 Å². The summed E-state index contributed by atoms with van der Waals surface area (Å²) < 4.78 is 29.7. The highest BCUT2D eigenvalue weighted by molar-refractivity contribution is 6.39. The first-order valence-electron chi connectivity index (χ1n) is 20.8. The second-order valence-corrected chi connectivity index (χ2v) is 17.2. The Morgan fingerprint density at radius 1 is 0.911 bits per heavy atom. The third-order valence-electron chi connectivity index (χ3n) is 12.9. The molecule has 13 nitrogen and oxygen atoms in total. The van der Waals surface area contributed by atoms with Crippen LogP contribution in [0.1, 0.15) is 112 Å². The fraction of sp³-hybridized carbons (Fsp3) is 0.814. The van der Waals surface area contributed by atoms with Crippen LogP contribution in [-0.2, 0) is 42.9 Å². The van der Waals surface area contributed by atoms with Crippen molar-refractivity contribution >= 4 is 23.4 Å². The van der Waals surface area contributed by atoms with Gasteiger partial charge in [0.1, 0.15) is 24.0 Å². The molecule has 56 heavy (non-hydrogen) atoms. The van der Waals surface area contributed by atoms with Crippen molar-refractivity contribution in [3.63, 3.8) is 0 Å². The Bertz CT molecular complexity index is 1430. The molecule has 0 aromatic carbocycles. The van der Waals surface area contributed by atoms with Crippen LogP contribution in [0.2, 0.25) is 0 Å². The molecule has 14 atom stereocenters. The van der Waals surface area contributed by atoms with Crippen LogP contribution >= 0.6 is 0 Å². The van der Waals surface area contributed by atoms with Gasteiger partial charge in [0.15, 0.2) is 0 Å². The lowest BCUT2D eigenvalue weighted by atomic mass is 9.81. The maximum atomic E-state index is 14.3. The van der Waals surface area contributed by atoms with Gasteiger partial charge in [-0.25, -0.2) is 4.79 Å². The van der Waals surface area contributed by atoms with Crippen molar-refractivity contribution in [2.75, 3.05) is 27.9 Å². The Kier molecular flexibility index (Phi) is 16.9. The van der Waals surface area contributed by atoms with Crippen molar-refractivity contribution in [1.29, 1.82) is 0 Å². The van der Waals surface area contributed by atoms with E-state index in [2.05, 4.69) is 6.92 Å². The number of hydrogen-bond acceptors (Lipinski definition) is 12. The maximum absolute atomic E-state index is 14.3. The molecule has 0 radical (unpaired) electrons. The fourth-order valence-corrected chi connectivity index (χ4v) is 9.39. The second-order valence-electron chi connectivity index (χ2n) is 17.2. The van der Waals surface area contributed by atoms with Crippen molar-refractivity contribution in [3.8, 4) is 0 Å². The van der Waals surface area contributed by atoms with Crippen molar-refractivity contribution in [2.45, 2.75) is 167 Å². The lowest BCUT2D eigenvalue weighted by Crippen LogP contribution is -2.64. The Morgan fingerprint density at radius 2 is 1.57 bits per heavy atom. The fourth-order valence-electron chi connectivity index (χ4n) is 9.39. The van der Waals surface area contributed by atoms with Gasteiger partial charge in [-0.1, -0.05) is 45.4 Å². The average Bonchev–Trinajstić information content (AvgIpc) is 3.18. The molecule has 3 aliphatic heterocycles. The third-order valence-corrected chi connectivity index (χ3v) is 12.9.